The summed E-state index contributed by atoms with van der Waals surface area (Å²) >= 11 is 0. The van der Waals surface area contributed by atoms with Gasteiger partial charge < -0.3 is 10.5 Å². The Morgan fingerprint density at radius 3 is 2.36 bits per heavy atom. The third kappa shape index (κ3) is 5.98. The van der Waals surface area contributed by atoms with Gasteiger partial charge in [-0.1, -0.05) is 37.6 Å². The fourth-order valence-corrected chi connectivity index (χ4v) is 2.09. The lowest BCUT2D eigenvalue weighted by molar-refractivity contribution is -0.161. The van der Waals surface area contributed by atoms with Crippen LogP contribution >= 0.6 is 0 Å². The summed E-state index contributed by atoms with van der Waals surface area (Å²) < 4.78 is 18.3. The zero-order valence-corrected chi connectivity index (χ0v) is 13.9. The summed E-state index contributed by atoms with van der Waals surface area (Å²) in [6.07, 6.45) is 5.40. The molecule has 0 saturated heterocycles. The van der Waals surface area contributed by atoms with Crippen molar-refractivity contribution in [2.45, 2.75) is 58.1 Å². The minimum Gasteiger partial charge on any atom is -0.459 e. The van der Waals surface area contributed by atoms with Crippen LogP contribution in [0.4, 0.5) is 4.39 Å². The second kappa shape index (κ2) is 7.54. The van der Waals surface area contributed by atoms with Gasteiger partial charge >= 0.3 is 5.97 Å². The molecule has 3 nitrogen and oxygen atoms in total. The van der Waals surface area contributed by atoms with E-state index in [4.69, 9.17) is 10.5 Å². The molecule has 0 fully saturated rings. The molecule has 0 aliphatic carbocycles. The Hall–Kier alpha value is -1.68. The Morgan fingerprint density at radius 1 is 1.27 bits per heavy atom. The zero-order valence-electron chi connectivity index (χ0n) is 13.9. The van der Waals surface area contributed by atoms with E-state index in [1.807, 2.05) is 39.8 Å². The van der Waals surface area contributed by atoms with Crippen molar-refractivity contribution in [1.29, 1.82) is 0 Å². The van der Waals surface area contributed by atoms with Crippen molar-refractivity contribution >= 4 is 12.0 Å². The first kappa shape index (κ1) is 18.4. The quantitative estimate of drug-likeness (QED) is 0.806. The highest BCUT2D eigenvalue weighted by Crippen LogP contribution is 2.21. The number of ether oxygens (including phenoxy) is 1. The molecule has 1 rings (SSSR count). The maximum absolute atomic E-state index is 12.9. The summed E-state index contributed by atoms with van der Waals surface area (Å²) in [6.45, 7) is 7.46. The van der Waals surface area contributed by atoms with Gasteiger partial charge in [0.05, 0.1) is 0 Å². The Morgan fingerprint density at radius 2 is 1.86 bits per heavy atom. The number of benzene rings is 1. The molecule has 0 spiro atoms. The fourth-order valence-electron chi connectivity index (χ4n) is 2.09. The monoisotopic (exact) mass is 307 g/mol. The number of rotatable bonds is 6. The number of nitrogens with two attached hydrogens (primary N) is 1. The molecule has 0 heterocycles. The molecular formula is C18H26FNO2. The number of esters is 1. The average Bonchev–Trinajstić information content (AvgIpc) is 2.39. The molecule has 1 aromatic rings. The third-order valence-electron chi connectivity index (χ3n) is 3.16. The summed E-state index contributed by atoms with van der Waals surface area (Å²) in [7, 11) is 0. The highest BCUT2D eigenvalue weighted by atomic mass is 19.1. The largest absolute Gasteiger partial charge is 0.459 e. The molecule has 4 heteroatoms. The number of hydrogen-bond donors (Lipinski definition) is 1. The van der Waals surface area contributed by atoms with Gasteiger partial charge in [-0.05, 0) is 51.3 Å². The molecule has 1 unspecified atom stereocenters. The Balaban J connectivity index is 2.78. The standard InChI is InChI=1S/C18H26FNO2/c1-5-12-18(20,16(21)22-17(2,3)4)13-6-7-14-8-10-15(19)11-9-14/h6-11H,5,12-13,20H2,1-4H3/b7-6+. The molecule has 2 N–H and O–H groups in total. The Bertz CT molecular complexity index is 517. The average molecular weight is 307 g/mol. The van der Waals surface area contributed by atoms with Crippen molar-refractivity contribution in [3.8, 4) is 0 Å². The molecule has 0 aliphatic rings. The summed E-state index contributed by atoms with van der Waals surface area (Å²) in [4.78, 5) is 12.3. The van der Waals surface area contributed by atoms with Crippen LogP contribution in [0.15, 0.2) is 30.3 Å². The van der Waals surface area contributed by atoms with Gasteiger partial charge in [0.15, 0.2) is 0 Å². The van der Waals surface area contributed by atoms with Crippen molar-refractivity contribution in [2.24, 2.45) is 5.73 Å². The van der Waals surface area contributed by atoms with E-state index in [1.165, 1.54) is 12.1 Å². The Kier molecular flexibility index (Phi) is 6.30. The van der Waals surface area contributed by atoms with Crippen LogP contribution in [0.2, 0.25) is 0 Å². The number of hydrogen-bond acceptors (Lipinski definition) is 3. The van der Waals surface area contributed by atoms with Gasteiger partial charge in [0.25, 0.3) is 0 Å². The van der Waals surface area contributed by atoms with E-state index in [9.17, 15) is 9.18 Å². The van der Waals surface area contributed by atoms with Crippen LogP contribution in [0.5, 0.6) is 0 Å². The molecule has 0 bridgehead atoms. The summed E-state index contributed by atoms with van der Waals surface area (Å²) in [5.41, 5.74) is 5.54. The van der Waals surface area contributed by atoms with Gasteiger partial charge in [-0.25, -0.2) is 4.39 Å². The first-order valence-electron chi connectivity index (χ1n) is 7.61. The molecule has 22 heavy (non-hydrogen) atoms. The minimum atomic E-state index is -1.03. The van der Waals surface area contributed by atoms with Crippen LogP contribution in [0.3, 0.4) is 0 Å². The molecule has 0 radical (unpaired) electrons. The van der Waals surface area contributed by atoms with Crippen molar-refractivity contribution in [3.63, 3.8) is 0 Å². The normalized spacial score (nSPS) is 14.8. The molecule has 0 aromatic heterocycles. The van der Waals surface area contributed by atoms with Crippen LogP contribution in [-0.2, 0) is 9.53 Å². The van der Waals surface area contributed by atoms with E-state index in [0.717, 1.165) is 12.0 Å². The van der Waals surface area contributed by atoms with Crippen LogP contribution in [-0.4, -0.2) is 17.1 Å². The topological polar surface area (TPSA) is 52.3 Å². The summed E-state index contributed by atoms with van der Waals surface area (Å²) in [5, 5.41) is 0. The van der Waals surface area contributed by atoms with Gasteiger partial charge in [-0.15, -0.1) is 0 Å². The highest BCUT2D eigenvalue weighted by molar-refractivity contribution is 5.81. The van der Waals surface area contributed by atoms with Gasteiger partial charge in [-0.2, -0.15) is 0 Å². The zero-order chi connectivity index (χ0) is 16.8. The van der Waals surface area contributed by atoms with Crippen LogP contribution in [0.1, 0.15) is 52.5 Å². The number of carbonyl (C=O) groups excluding carboxylic acids is 1. The molecule has 1 aromatic carbocycles. The first-order chi connectivity index (χ1) is 10.2. The Labute approximate surface area is 132 Å². The predicted octanol–water partition coefficient (Wildman–Crippen LogP) is 4.07. The van der Waals surface area contributed by atoms with Crippen LogP contribution in [0, 0.1) is 5.82 Å². The maximum atomic E-state index is 12.9. The molecule has 122 valence electrons. The molecule has 0 saturated carbocycles. The lowest BCUT2D eigenvalue weighted by atomic mass is 9.90. The van der Waals surface area contributed by atoms with Gasteiger partial charge in [0, 0.05) is 0 Å². The summed E-state index contributed by atoms with van der Waals surface area (Å²) in [6, 6.07) is 6.15. The van der Waals surface area contributed by atoms with E-state index in [-0.39, 0.29) is 11.8 Å². The lowest BCUT2D eigenvalue weighted by Crippen LogP contribution is -2.50. The van der Waals surface area contributed by atoms with Crippen LogP contribution < -0.4 is 5.73 Å². The van der Waals surface area contributed by atoms with E-state index in [0.29, 0.717) is 12.8 Å². The molecule has 0 amide bonds. The SMILES string of the molecule is CCCC(N)(C/C=C/c1ccc(F)cc1)C(=O)OC(C)(C)C. The van der Waals surface area contributed by atoms with E-state index < -0.39 is 11.1 Å². The predicted molar refractivity (Wildman–Crippen MR) is 87.7 cm³/mol. The number of carbonyl (C=O) groups is 1. The van der Waals surface area contributed by atoms with Gasteiger partial charge in [-0.3, -0.25) is 4.79 Å². The molecule has 1 atom stereocenters. The second-order valence-electron chi connectivity index (χ2n) is 6.57. The van der Waals surface area contributed by atoms with Crippen molar-refractivity contribution in [3.05, 3.63) is 41.7 Å². The van der Waals surface area contributed by atoms with Crippen LogP contribution in [0.25, 0.3) is 6.08 Å². The van der Waals surface area contributed by atoms with E-state index in [2.05, 4.69) is 0 Å². The second-order valence-corrected chi connectivity index (χ2v) is 6.57. The molecule has 0 aliphatic heterocycles. The number of halogens is 1. The van der Waals surface area contributed by atoms with Crippen molar-refractivity contribution < 1.29 is 13.9 Å². The minimum absolute atomic E-state index is 0.273. The van der Waals surface area contributed by atoms with Crippen molar-refractivity contribution in [1.82, 2.24) is 0 Å². The van der Waals surface area contributed by atoms with E-state index >= 15 is 0 Å². The summed E-state index contributed by atoms with van der Waals surface area (Å²) in [5.74, 6) is -0.657. The fraction of sp³-hybridized carbons (Fsp3) is 0.500. The van der Waals surface area contributed by atoms with Gasteiger partial charge in [0.2, 0.25) is 0 Å². The molecular weight excluding hydrogens is 281 g/mol. The van der Waals surface area contributed by atoms with E-state index in [1.54, 1.807) is 12.1 Å². The van der Waals surface area contributed by atoms with Crippen molar-refractivity contribution in [2.75, 3.05) is 0 Å². The maximum Gasteiger partial charge on any atom is 0.326 e. The smallest absolute Gasteiger partial charge is 0.326 e. The lowest BCUT2D eigenvalue weighted by Gasteiger charge is -2.30. The third-order valence-corrected chi connectivity index (χ3v) is 3.16. The first-order valence-corrected chi connectivity index (χ1v) is 7.61. The van der Waals surface area contributed by atoms with Gasteiger partial charge in [0.1, 0.15) is 17.0 Å². The highest BCUT2D eigenvalue weighted by Gasteiger charge is 2.35.